The molecule has 3 atom stereocenters. The predicted molar refractivity (Wildman–Crippen MR) is 103 cm³/mol. The quantitative estimate of drug-likeness (QED) is 0.573. The van der Waals surface area contributed by atoms with Gasteiger partial charge in [-0.25, -0.2) is 0 Å². The fraction of sp³-hybridized carbons (Fsp3) is 0.333. The molecule has 0 radical (unpaired) electrons. The molecule has 0 bridgehead atoms. The number of rotatable bonds is 2. The molecule has 0 aromatic heterocycles. The van der Waals surface area contributed by atoms with Crippen molar-refractivity contribution < 1.29 is 0 Å². The van der Waals surface area contributed by atoms with Crippen LogP contribution in [0.1, 0.15) is 54.8 Å². The Balaban J connectivity index is 1.75. The highest BCUT2D eigenvalue weighted by atomic mass is 35.5. The third-order valence-electron chi connectivity index (χ3n) is 5.34. The smallest absolute Gasteiger partial charge is 0.0553 e. The van der Waals surface area contributed by atoms with Crippen molar-refractivity contribution in [2.45, 2.75) is 38.1 Å². The van der Waals surface area contributed by atoms with Crippen molar-refractivity contribution in [3.05, 3.63) is 75.3 Å². The van der Waals surface area contributed by atoms with Crippen LogP contribution in [0.5, 0.6) is 0 Å². The molecule has 1 heterocycles. The standard InChI is InChI=1S/C21H21Cl2N/c1-12(2)13-6-8-14(9-7-13)21-17-5-3-4-16(17)20-18(23)10-15(22)11-19(20)24-21/h3-4,6-12,16-17,21,24H,5H2,1-2H3/t16-,17+,21-/m0/s1. The minimum absolute atomic E-state index is 0.285. The molecule has 0 fully saturated rings. The second-order valence-electron chi connectivity index (χ2n) is 7.15. The van der Waals surface area contributed by atoms with E-state index in [1.807, 2.05) is 12.1 Å². The summed E-state index contributed by atoms with van der Waals surface area (Å²) in [6, 6.07) is 13.2. The van der Waals surface area contributed by atoms with Gasteiger partial charge in [0.25, 0.3) is 0 Å². The molecule has 0 unspecified atom stereocenters. The molecule has 24 heavy (non-hydrogen) atoms. The maximum Gasteiger partial charge on any atom is 0.0553 e. The average Bonchev–Trinajstić information content (AvgIpc) is 3.02. The van der Waals surface area contributed by atoms with Gasteiger partial charge in [0.1, 0.15) is 0 Å². The van der Waals surface area contributed by atoms with Crippen LogP contribution >= 0.6 is 23.2 Å². The normalized spacial score (nSPS) is 24.6. The highest BCUT2D eigenvalue weighted by molar-refractivity contribution is 6.35. The molecule has 0 spiro atoms. The molecule has 0 saturated carbocycles. The number of anilines is 1. The minimum Gasteiger partial charge on any atom is -0.378 e. The van der Waals surface area contributed by atoms with Gasteiger partial charge in [-0.2, -0.15) is 0 Å². The van der Waals surface area contributed by atoms with Crippen molar-refractivity contribution in [2.75, 3.05) is 5.32 Å². The summed E-state index contributed by atoms with van der Waals surface area (Å²) in [5.74, 6) is 1.42. The molecular formula is C21H21Cl2N. The van der Waals surface area contributed by atoms with E-state index >= 15 is 0 Å². The lowest BCUT2D eigenvalue weighted by molar-refractivity contribution is 0.425. The van der Waals surface area contributed by atoms with E-state index in [1.54, 1.807) is 0 Å². The second-order valence-corrected chi connectivity index (χ2v) is 7.99. The Kier molecular flexibility index (Phi) is 4.10. The highest BCUT2D eigenvalue weighted by Gasteiger charge is 2.39. The lowest BCUT2D eigenvalue weighted by Gasteiger charge is -2.38. The van der Waals surface area contributed by atoms with E-state index in [0.29, 0.717) is 22.8 Å². The van der Waals surface area contributed by atoms with E-state index in [9.17, 15) is 0 Å². The maximum atomic E-state index is 6.51. The van der Waals surface area contributed by atoms with Crippen LogP contribution < -0.4 is 5.32 Å². The first-order chi connectivity index (χ1) is 11.5. The van der Waals surface area contributed by atoms with Crippen LogP contribution in [0.3, 0.4) is 0 Å². The first-order valence-electron chi connectivity index (χ1n) is 8.56. The third-order valence-corrected chi connectivity index (χ3v) is 5.87. The van der Waals surface area contributed by atoms with E-state index in [2.05, 4.69) is 55.6 Å². The Morgan fingerprint density at radius 3 is 2.54 bits per heavy atom. The van der Waals surface area contributed by atoms with Gasteiger partial charge in [0.05, 0.1) is 6.04 Å². The van der Waals surface area contributed by atoms with Crippen LogP contribution in [0.4, 0.5) is 5.69 Å². The SMILES string of the molecule is CC(C)c1ccc([C@@H]2Nc3cc(Cl)cc(Cl)c3[C@H]3C=CC[C@H]32)cc1. The van der Waals surface area contributed by atoms with E-state index in [-0.39, 0.29) is 6.04 Å². The molecule has 2 aromatic rings. The van der Waals surface area contributed by atoms with Crippen molar-refractivity contribution in [1.82, 2.24) is 0 Å². The van der Waals surface area contributed by atoms with Gasteiger partial charge in [0.2, 0.25) is 0 Å². The van der Waals surface area contributed by atoms with Crippen molar-refractivity contribution in [1.29, 1.82) is 0 Å². The van der Waals surface area contributed by atoms with Gasteiger partial charge in [0, 0.05) is 27.2 Å². The summed E-state index contributed by atoms with van der Waals surface area (Å²) in [7, 11) is 0. The summed E-state index contributed by atoms with van der Waals surface area (Å²) in [6.45, 7) is 4.45. The van der Waals surface area contributed by atoms with Gasteiger partial charge < -0.3 is 5.32 Å². The molecule has 3 heteroatoms. The van der Waals surface area contributed by atoms with E-state index < -0.39 is 0 Å². The van der Waals surface area contributed by atoms with Crippen molar-refractivity contribution in [2.24, 2.45) is 5.92 Å². The number of benzene rings is 2. The zero-order chi connectivity index (χ0) is 16.8. The predicted octanol–water partition coefficient (Wildman–Crippen LogP) is 6.94. The van der Waals surface area contributed by atoms with E-state index in [4.69, 9.17) is 23.2 Å². The Hall–Kier alpha value is -1.44. The molecule has 1 aliphatic heterocycles. The zero-order valence-corrected chi connectivity index (χ0v) is 15.4. The van der Waals surface area contributed by atoms with E-state index in [0.717, 1.165) is 17.1 Å². The Labute approximate surface area is 153 Å². The molecule has 4 rings (SSSR count). The lowest BCUT2D eigenvalue weighted by Crippen LogP contribution is -2.29. The Morgan fingerprint density at radius 2 is 1.83 bits per heavy atom. The molecule has 0 saturated heterocycles. The van der Waals surface area contributed by atoms with Gasteiger partial charge >= 0.3 is 0 Å². The number of allylic oxidation sites excluding steroid dienone is 2. The molecule has 124 valence electrons. The van der Waals surface area contributed by atoms with Crippen molar-refractivity contribution in [3.63, 3.8) is 0 Å². The number of fused-ring (bicyclic) bond motifs is 3. The maximum absolute atomic E-state index is 6.51. The number of hydrogen-bond acceptors (Lipinski definition) is 1. The van der Waals surface area contributed by atoms with Crippen LogP contribution in [0, 0.1) is 5.92 Å². The molecule has 1 nitrogen and oxygen atoms in total. The summed E-state index contributed by atoms with van der Waals surface area (Å²) < 4.78 is 0. The van der Waals surface area contributed by atoms with Gasteiger partial charge in [-0.3, -0.25) is 0 Å². The van der Waals surface area contributed by atoms with Crippen LogP contribution in [0.15, 0.2) is 48.6 Å². The van der Waals surface area contributed by atoms with Gasteiger partial charge in [-0.05, 0) is 41.5 Å². The second kappa shape index (κ2) is 6.13. The lowest BCUT2D eigenvalue weighted by atomic mass is 9.77. The molecule has 1 aliphatic carbocycles. The largest absolute Gasteiger partial charge is 0.378 e. The third kappa shape index (κ3) is 2.64. The molecule has 2 aliphatic rings. The average molecular weight is 358 g/mol. The number of nitrogens with one attached hydrogen (secondary N) is 1. The zero-order valence-electron chi connectivity index (χ0n) is 13.9. The Morgan fingerprint density at radius 1 is 1.08 bits per heavy atom. The molecule has 0 amide bonds. The first-order valence-corrected chi connectivity index (χ1v) is 9.32. The van der Waals surface area contributed by atoms with Gasteiger partial charge in [-0.15, -0.1) is 0 Å². The highest BCUT2D eigenvalue weighted by Crippen LogP contribution is 2.52. The molecule has 2 aromatic carbocycles. The van der Waals surface area contributed by atoms with Crippen LogP contribution in [0.2, 0.25) is 10.0 Å². The molecule has 1 N–H and O–H groups in total. The summed E-state index contributed by atoms with van der Waals surface area (Å²) in [5.41, 5.74) is 4.97. The summed E-state index contributed by atoms with van der Waals surface area (Å²) >= 11 is 12.7. The topological polar surface area (TPSA) is 12.0 Å². The van der Waals surface area contributed by atoms with Crippen molar-refractivity contribution >= 4 is 28.9 Å². The number of halogens is 2. The van der Waals surface area contributed by atoms with E-state index in [1.165, 1.54) is 16.7 Å². The first kappa shape index (κ1) is 16.1. The monoisotopic (exact) mass is 357 g/mol. The summed E-state index contributed by atoms with van der Waals surface area (Å²) in [5, 5.41) is 5.15. The molecular weight excluding hydrogens is 337 g/mol. The van der Waals surface area contributed by atoms with Crippen LogP contribution in [-0.2, 0) is 0 Å². The van der Waals surface area contributed by atoms with Crippen molar-refractivity contribution in [3.8, 4) is 0 Å². The fourth-order valence-electron chi connectivity index (χ4n) is 4.06. The minimum atomic E-state index is 0.285. The van der Waals surface area contributed by atoms with Crippen LogP contribution in [0.25, 0.3) is 0 Å². The summed E-state index contributed by atoms with van der Waals surface area (Å²) in [6.07, 6.45) is 5.67. The fourth-order valence-corrected chi connectivity index (χ4v) is 4.68. The van der Waals surface area contributed by atoms with Crippen LogP contribution in [-0.4, -0.2) is 0 Å². The van der Waals surface area contributed by atoms with Gasteiger partial charge in [-0.1, -0.05) is 73.5 Å². The summed E-state index contributed by atoms with van der Waals surface area (Å²) in [4.78, 5) is 0. The Bertz CT molecular complexity index is 792. The van der Waals surface area contributed by atoms with Gasteiger partial charge in [0.15, 0.2) is 0 Å². The number of hydrogen-bond donors (Lipinski definition) is 1.